The number of carboxylic acid groups (broad SMARTS) is 1. The Balaban J connectivity index is 0.0000102. The molecule has 4 N–H and O–H groups in total. The number of carboxylic acids is 1. The molecule has 0 aromatic heterocycles. The summed E-state index contributed by atoms with van der Waals surface area (Å²) in [7, 11) is 0. The van der Waals surface area contributed by atoms with Gasteiger partial charge in [0.2, 0.25) is 0 Å². The molecule has 1 rings (SSSR count). The van der Waals surface area contributed by atoms with Crippen molar-refractivity contribution in [3.05, 3.63) is 29.3 Å². The van der Waals surface area contributed by atoms with Crippen molar-refractivity contribution in [2.45, 2.75) is 130 Å². The van der Waals surface area contributed by atoms with Gasteiger partial charge in [-0.05, 0) is 47.9 Å². The lowest BCUT2D eigenvalue weighted by atomic mass is 9.69. The first-order valence-electron chi connectivity index (χ1n) is 13.4. The third kappa shape index (κ3) is 11.4. The summed E-state index contributed by atoms with van der Waals surface area (Å²) in [5.74, 6) is 0.418. The molecule has 0 heterocycles. The summed E-state index contributed by atoms with van der Waals surface area (Å²) in [6.45, 7) is 11.8. The number of rotatable bonds is 19. The zero-order chi connectivity index (χ0) is 23.8. The molecule has 0 radical (unpaired) electrons. The van der Waals surface area contributed by atoms with Gasteiger partial charge in [0, 0.05) is 0 Å². The van der Waals surface area contributed by atoms with E-state index < -0.39 is 5.97 Å². The van der Waals surface area contributed by atoms with Crippen molar-refractivity contribution in [2.24, 2.45) is 5.92 Å². The van der Waals surface area contributed by atoms with Gasteiger partial charge < -0.3 is 16.0 Å². The summed E-state index contributed by atoms with van der Waals surface area (Å²) in [6, 6.07) is 5.56. The lowest BCUT2D eigenvalue weighted by molar-refractivity contribution is 0.0692. The van der Waals surface area contributed by atoms with Crippen molar-refractivity contribution in [3.63, 3.8) is 0 Å². The van der Waals surface area contributed by atoms with Crippen LogP contribution in [0.4, 0.5) is 0 Å². The van der Waals surface area contributed by atoms with Crippen LogP contribution in [0.3, 0.4) is 0 Å². The molecule has 4 nitrogen and oxygen atoms in total. The van der Waals surface area contributed by atoms with Gasteiger partial charge >= 0.3 is 5.97 Å². The first kappa shape index (κ1) is 31.4. The summed E-state index contributed by atoms with van der Waals surface area (Å²) in [4.78, 5) is 12.0. The number of carbonyl (C=O) groups is 1. The normalized spacial score (nSPS) is 12.3. The molecule has 1 aromatic rings. The zero-order valence-corrected chi connectivity index (χ0v) is 22.4. The van der Waals surface area contributed by atoms with Crippen molar-refractivity contribution in [2.75, 3.05) is 6.61 Å². The van der Waals surface area contributed by atoms with E-state index >= 15 is 0 Å². The first-order valence-corrected chi connectivity index (χ1v) is 13.4. The fraction of sp³-hybridized carbons (Fsp3) is 0.759. The van der Waals surface area contributed by atoms with Crippen LogP contribution in [0.15, 0.2) is 18.2 Å². The Morgan fingerprint density at radius 2 is 1.42 bits per heavy atom. The van der Waals surface area contributed by atoms with Gasteiger partial charge in [-0.3, -0.25) is 0 Å². The van der Waals surface area contributed by atoms with E-state index in [0.717, 1.165) is 30.6 Å². The second kappa shape index (κ2) is 17.9. The summed E-state index contributed by atoms with van der Waals surface area (Å²) in [6.07, 6.45) is 17.5. The van der Waals surface area contributed by atoms with Crippen molar-refractivity contribution < 1.29 is 14.6 Å². The molecule has 0 saturated heterocycles. The summed E-state index contributed by atoms with van der Waals surface area (Å²) in [5, 5.41) is 9.84. The molecule has 0 aliphatic rings. The van der Waals surface area contributed by atoms with E-state index in [1.165, 1.54) is 70.6 Å². The average molecular weight is 464 g/mol. The Bertz CT molecular complexity index is 642. The van der Waals surface area contributed by atoms with Crippen LogP contribution in [0.2, 0.25) is 0 Å². The molecule has 1 atom stereocenters. The van der Waals surface area contributed by atoms with Crippen molar-refractivity contribution >= 4 is 5.97 Å². The second-order valence-electron chi connectivity index (χ2n) is 10.0. The van der Waals surface area contributed by atoms with Crippen LogP contribution in [0.1, 0.15) is 140 Å². The maximum Gasteiger partial charge on any atom is 0.335 e. The molecule has 0 fully saturated rings. The highest BCUT2D eigenvalue weighted by Gasteiger charge is 2.33. The van der Waals surface area contributed by atoms with E-state index in [0.29, 0.717) is 18.1 Å². The van der Waals surface area contributed by atoms with Crippen LogP contribution in [-0.4, -0.2) is 17.7 Å². The third-order valence-electron chi connectivity index (χ3n) is 7.10. The number of ether oxygens (including phenoxy) is 1. The molecular weight excluding hydrogens is 410 g/mol. The molecule has 0 aliphatic heterocycles. The van der Waals surface area contributed by atoms with Gasteiger partial charge in [0.05, 0.1) is 12.2 Å². The first-order chi connectivity index (χ1) is 15.4. The van der Waals surface area contributed by atoms with Crippen LogP contribution in [0.5, 0.6) is 5.75 Å². The minimum absolute atomic E-state index is 0. The SMILES string of the molecule is CCCCCCCCCCC(CC)C(C)(C)c1cc(OCCCCCC)ccc1C(=O)O.N. The van der Waals surface area contributed by atoms with Crippen molar-refractivity contribution in [1.82, 2.24) is 6.15 Å². The van der Waals surface area contributed by atoms with Gasteiger partial charge in [-0.25, -0.2) is 4.79 Å². The smallest absolute Gasteiger partial charge is 0.335 e. The Hall–Kier alpha value is -1.55. The molecule has 1 aromatic carbocycles. The number of benzene rings is 1. The number of hydrogen-bond acceptors (Lipinski definition) is 3. The summed E-state index contributed by atoms with van der Waals surface area (Å²) < 4.78 is 6.00. The molecule has 33 heavy (non-hydrogen) atoms. The van der Waals surface area contributed by atoms with Crippen LogP contribution >= 0.6 is 0 Å². The Morgan fingerprint density at radius 1 is 0.879 bits per heavy atom. The van der Waals surface area contributed by atoms with E-state index in [1.54, 1.807) is 6.07 Å². The van der Waals surface area contributed by atoms with Crippen LogP contribution in [-0.2, 0) is 5.41 Å². The predicted molar refractivity (Wildman–Crippen MR) is 142 cm³/mol. The average Bonchev–Trinajstić information content (AvgIpc) is 2.77. The summed E-state index contributed by atoms with van der Waals surface area (Å²) in [5.41, 5.74) is 1.13. The van der Waals surface area contributed by atoms with Crippen molar-refractivity contribution in [1.29, 1.82) is 0 Å². The van der Waals surface area contributed by atoms with Gasteiger partial charge in [-0.2, -0.15) is 0 Å². The highest BCUT2D eigenvalue weighted by Crippen LogP contribution is 2.40. The fourth-order valence-electron chi connectivity index (χ4n) is 4.87. The van der Waals surface area contributed by atoms with E-state index in [2.05, 4.69) is 34.6 Å². The number of unbranched alkanes of at least 4 members (excludes halogenated alkanes) is 10. The van der Waals surface area contributed by atoms with Gasteiger partial charge in [0.15, 0.2) is 0 Å². The number of aromatic carboxylic acids is 1. The van der Waals surface area contributed by atoms with Crippen LogP contribution in [0, 0.1) is 5.92 Å². The fourth-order valence-corrected chi connectivity index (χ4v) is 4.87. The summed E-state index contributed by atoms with van der Waals surface area (Å²) >= 11 is 0. The van der Waals surface area contributed by atoms with Gasteiger partial charge in [-0.15, -0.1) is 0 Å². The van der Waals surface area contributed by atoms with Gasteiger partial charge in [-0.1, -0.05) is 112 Å². The predicted octanol–water partition coefficient (Wildman–Crippen LogP) is 9.34. The molecular formula is C29H53NO3. The molecule has 0 aliphatic carbocycles. The van der Waals surface area contributed by atoms with E-state index in [9.17, 15) is 9.90 Å². The minimum atomic E-state index is -0.843. The number of hydrogen-bond donors (Lipinski definition) is 2. The van der Waals surface area contributed by atoms with Crippen LogP contribution in [0.25, 0.3) is 0 Å². The van der Waals surface area contributed by atoms with E-state index in [4.69, 9.17) is 4.74 Å². The van der Waals surface area contributed by atoms with E-state index in [-0.39, 0.29) is 11.6 Å². The molecule has 0 amide bonds. The lowest BCUT2D eigenvalue weighted by Crippen LogP contribution is -2.30. The minimum Gasteiger partial charge on any atom is -0.494 e. The topological polar surface area (TPSA) is 81.5 Å². The van der Waals surface area contributed by atoms with Crippen molar-refractivity contribution in [3.8, 4) is 5.75 Å². The highest BCUT2D eigenvalue weighted by molar-refractivity contribution is 5.90. The Kier molecular flexibility index (Phi) is 17.0. The standard InChI is InChI=1S/C29H50O3.H3N/c1-6-9-11-13-14-15-16-17-19-24(8-3)29(4,5)27-23-25(20-21-26(27)28(30)31)32-22-18-12-10-7-2;/h20-21,23-24H,6-19,22H2,1-5H3,(H,30,31);1H3. The maximum absolute atomic E-state index is 12.0. The maximum atomic E-state index is 12.0. The largest absolute Gasteiger partial charge is 0.494 e. The van der Waals surface area contributed by atoms with Gasteiger partial charge in [0.1, 0.15) is 5.75 Å². The second-order valence-corrected chi connectivity index (χ2v) is 10.0. The third-order valence-corrected chi connectivity index (χ3v) is 7.10. The van der Waals surface area contributed by atoms with Crippen LogP contribution < -0.4 is 10.9 Å². The monoisotopic (exact) mass is 463 g/mol. The zero-order valence-electron chi connectivity index (χ0n) is 22.4. The quantitative estimate of drug-likeness (QED) is 0.200. The molecule has 0 bridgehead atoms. The molecule has 0 spiro atoms. The molecule has 192 valence electrons. The highest BCUT2D eigenvalue weighted by atomic mass is 16.5. The van der Waals surface area contributed by atoms with E-state index in [1.807, 2.05) is 12.1 Å². The molecule has 0 saturated carbocycles. The Morgan fingerprint density at radius 3 is 1.97 bits per heavy atom. The molecule has 1 unspecified atom stereocenters. The van der Waals surface area contributed by atoms with Gasteiger partial charge in [0.25, 0.3) is 0 Å². The lowest BCUT2D eigenvalue weighted by Gasteiger charge is -2.36. The molecule has 4 heteroatoms. The Labute approximate surface area is 204 Å².